The Bertz CT molecular complexity index is 297. The molecule has 0 aromatic carbocycles. The second-order valence-corrected chi connectivity index (χ2v) is 5.27. The van der Waals surface area contributed by atoms with Crippen molar-refractivity contribution in [1.29, 1.82) is 0 Å². The molecule has 1 N–H and O–H groups in total. The number of hydrogen-bond donors (Lipinski definition) is 1. The number of hydrogen-bond acceptors (Lipinski definition) is 4. The van der Waals surface area contributed by atoms with E-state index in [0.717, 1.165) is 18.9 Å². The molecule has 1 aliphatic carbocycles. The van der Waals surface area contributed by atoms with Gasteiger partial charge in [-0.05, 0) is 24.8 Å². The molecule has 96 valence electrons. The Hall–Kier alpha value is -0.900. The molecule has 0 spiro atoms. The van der Waals surface area contributed by atoms with Crippen LogP contribution in [0.25, 0.3) is 0 Å². The highest BCUT2D eigenvalue weighted by atomic mass is 16.6. The fraction of sp³-hybridized carbons (Fsp3) is 0.846. The van der Waals surface area contributed by atoms with E-state index in [-0.39, 0.29) is 6.04 Å². The smallest absolute Gasteiger partial charge is 0.330 e. The van der Waals surface area contributed by atoms with E-state index in [2.05, 4.69) is 10.1 Å². The number of carbonyl (C=O) groups excluding carboxylic acids is 2. The fourth-order valence-electron chi connectivity index (χ4n) is 3.12. The summed E-state index contributed by atoms with van der Waals surface area (Å²) in [7, 11) is 0. The third-order valence-corrected chi connectivity index (χ3v) is 4.01. The molecule has 1 saturated carbocycles. The van der Waals surface area contributed by atoms with Crippen LogP contribution in [-0.2, 0) is 14.3 Å². The summed E-state index contributed by atoms with van der Waals surface area (Å²) in [5.74, 6) is 0.417. The lowest BCUT2D eigenvalue weighted by molar-refractivity contribution is -0.159. The molecule has 4 nitrogen and oxygen atoms in total. The van der Waals surface area contributed by atoms with Gasteiger partial charge in [-0.1, -0.05) is 32.1 Å². The molecule has 0 unspecified atom stereocenters. The minimum Gasteiger partial charge on any atom is -0.392 e. The van der Waals surface area contributed by atoms with Crippen LogP contribution in [0.5, 0.6) is 0 Å². The summed E-state index contributed by atoms with van der Waals surface area (Å²) < 4.78 is 4.63. The van der Waals surface area contributed by atoms with E-state index in [1.165, 1.54) is 39.0 Å². The summed E-state index contributed by atoms with van der Waals surface area (Å²) >= 11 is 0. The molecule has 2 aliphatic rings. The van der Waals surface area contributed by atoms with Crippen molar-refractivity contribution in [3.05, 3.63) is 0 Å². The van der Waals surface area contributed by atoms with Crippen LogP contribution in [0.15, 0.2) is 0 Å². The second-order valence-electron chi connectivity index (χ2n) is 5.27. The first-order valence-corrected chi connectivity index (χ1v) is 6.62. The molecule has 1 aliphatic heterocycles. The van der Waals surface area contributed by atoms with Gasteiger partial charge in [0.15, 0.2) is 0 Å². The molecule has 1 heterocycles. The lowest BCUT2D eigenvalue weighted by Crippen LogP contribution is -2.33. The summed E-state index contributed by atoms with van der Waals surface area (Å²) in [6, 6.07) is -0.272. The lowest BCUT2D eigenvalue weighted by atomic mass is 9.79. The van der Waals surface area contributed by atoms with Crippen molar-refractivity contribution in [3.8, 4) is 0 Å². The van der Waals surface area contributed by atoms with Gasteiger partial charge in [0.1, 0.15) is 6.04 Å². The Morgan fingerprint density at radius 2 is 1.82 bits per heavy atom. The highest BCUT2D eigenvalue weighted by Gasteiger charge is 2.35. The van der Waals surface area contributed by atoms with E-state index < -0.39 is 11.9 Å². The average Bonchev–Trinajstić information content (AvgIpc) is 2.78. The van der Waals surface area contributed by atoms with Gasteiger partial charge >= 0.3 is 11.9 Å². The Kier molecular flexibility index (Phi) is 4.15. The van der Waals surface area contributed by atoms with Crippen LogP contribution < -0.4 is 5.32 Å². The van der Waals surface area contributed by atoms with Crippen LogP contribution in [-0.4, -0.2) is 24.5 Å². The van der Waals surface area contributed by atoms with Gasteiger partial charge in [0, 0.05) is 6.92 Å². The number of ether oxygens (including phenoxy) is 1. The SMILES string of the molecule is CC(=O)OC(=O)[C@@H]1C[C@@H](C2CCCCC2)CN1. The first-order chi connectivity index (χ1) is 8.16. The Morgan fingerprint density at radius 1 is 1.12 bits per heavy atom. The predicted octanol–water partition coefficient (Wildman–Crippen LogP) is 1.63. The van der Waals surface area contributed by atoms with Crippen molar-refractivity contribution in [2.45, 2.75) is 51.5 Å². The molecule has 0 amide bonds. The van der Waals surface area contributed by atoms with Crippen LogP contribution in [0.2, 0.25) is 0 Å². The van der Waals surface area contributed by atoms with Gasteiger partial charge in [-0.15, -0.1) is 0 Å². The molecule has 0 aromatic heterocycles. The Morgan fingerprint density at radius 3 is 2.47 bits per heavy atom. The summed E-state index contributed by atoms with van der Waals surface area (Å²) in [5, 5.41) is 3.18. The van der Waals surface area contributed by atoms with Crippen LogP contribution in [0.1, 0.15) is 45.4 Å². The van der Waals surface area contributed by atoms with E-state index in [4.69, 9.17) is 0 Å². The average molecular weight is 239 g/mol. The first kappa shape index (κ1) is 12.6. The van der Waals surface area contributed by atoms with Crippen LogP contribution in [0.4, 0.5) is 0 Å². The predicted molar refractivity (Wildman–Crippen MR) is 63.2 cm³/mol. The maximum atomic E-state index is 11.6. The molecule has 4 heteroatoms. The second kappa shape index (κ2) is 5.63. The highest BCUT2D eigenvalue weighted by molar-refractivity contribution is 5.87. The fourth-order valence-corrected chi connectivity index (χ4v) is 3.12. The van der Waals surface area contributed by atoms with Gasteiger partial charge in [0.05, 0.1) is 0 Å². The van der Waals surface area contributed by atoms with Crippen molar-refractivity contribution in [2.24, 2.45) is 11.8 Å². The van der Waals surface area contributed by atoms with Gasteiger partial charge < -0.3 is 10.1 Å². The van der Waals surface area contributed by atoms with Gasteiger partial charge in [0.2, 0.25) is 0 Å². The van der Waals surface area contributed by atoms with Crippen LogP contribution in [0, 0.1) is 11.8 Å². The van der Waals surface area contributed by atoms with E-state index >= 15 is 0 Å². The number of esters is 2. The molecule has 0 bridgehead atoms. The lowest BCUT2D eigenvalue weighted by Gasteiger charge is -2.26. The molecule has 0 radical (unpaired) electrons. The highest BCUT2D eigenvalue weighted by Crippen LogP contribution is 2.34. The summed E-state index contributed by atoms with van der Waals surface area (Å²) in [4.78, 5) is 22.3. The summed E-state index contributed by atoms with van der Waals surface area (Å²) in [6.45, 7) is 2.16. The minimum atomic E-state index is -0.516. The van der Waals surface area contributed by atoms with E-state index in [9.17, 15) is 9.59 Å². The van der Waals surface area contributed by atoms with Gasteiger partial charge in [0.25, 0.3) is 0 Å². The molecule has 1 saturated heterocycles. The Balaban J connectivity index is 1.82. The largest absolute Gasteiger partial charge is 0.392 e. The topological polar surface area (TPSA) is 55.4 Å². The van der Waals surface area contributed by atoms with Crippen molar-refractivity contribution in [2.75, 3.05) is 6.54 Å². The van der Waals surface area contributed by atoms with Gasteiger partial charge in [-0.25, -0.2) is 4.79 Å². The van der Waals surface area contributed by atoms with Crippen LogP contribution in [0.3, 0.4) is 0 Å². The Labute approximate surface area is 102 Å². The van der Waals surface area contributed by atoms with E-state index in [1.54, 1.807) is 0 Å². The van der Waals surface area contributed by atoms with Crippen molar-refractivity contribution >= 4 is 11.9 Å². The number of carbonyl (C=O) groups is 2. The summed E-state index contributed by atoms with van der Waals surface area (Å²) in [5.41, 5.74) is 0. The maximum absolute atomic E-state index is 11.6. The zero-order chi connectivity index (χ0) is 12.3. The van der Waals surface area contributed by atoms with Crippen molar-refractivity contribution in [3.63, 3.8) is 0 Å². The molecule has 2 fully saturated rings. The molecular formula is C13H21NO3. The first-order valence-electron chi connectivity index (χ1n) is 6.62. The molecule has 2 rings (SSSR count). The third kappa shape index (κ3) is 3.28. The van der Waals surface area contributed by atoms with Crippen LogP contribution >= 0.6 is 0 Å². The number of rotatable bonds is 2. The molecule has 2 atom stereocenters. The van der Waals surface area contributed by atoms with Gasteiger partial charge in [-0.3, -0.25) is 4.79 Å². The molecule has 0 aromatic rings. The normalized spacial score (nSPS) is 30.2. The number of nitrogens with one attached hydrogen (secondary N) is 1. The summed E-state index contributed by atoms with van der Waals surface area (Å²) in [6.07, 6.45) is 7.42. The standard InChI is InChI=1S/C13H21NO3/c1-9(15)17-13(16)12-7-11(8-14-12)10-5-3-2-4-6-10/h10-12,14H,2-8H2,1H3/t11-,12+/m1/s1. The van der Waals surface area contributed by atoms with E-state index in [1.807, 2.05) is 0 Å². The van der Waals surface area contributed by atoms with Crippen molar-refractivity contribution < 1.29 is 14.3 Å². The van der Waals surface area contributed by atoms with Crippen molar-refractivity contribution in [1.82, 2.24) is 5.32 Å². The zero-order valence-electron chi connectivity index (χ0n) is 10.4. The third-order valence-electron chi connectivity index (χ3n) is 4.01. The quantitative estimate of drug-likeness (QED) is 0.588. The maximum Gasteiger partial charge on any atom is 0.330 e. The monoisotopic (exact) mass is 239 g/mol. The molecule has 17 heavy (non-hydrogen) atoms. The minimum absolute atomic E-state index is 0.272. The molecular weight excluding hydrogens is 218 g/mol. The van der Waals surface area contributed by atoms with Gasteiger partial charge in [-0.2, -0.15) is 0 Å². The zero-order valence-corrected chi connectivity index (χ0v) is 10.4. The van der Waals surface area contributed by atoms with E-state index in [0.29, 0.717) is 5.92 Å².